The molecule has 0 aliphatic carbocycles. The van der Waals surface area contributed by atoms with Crippen LogP contribution in [0.1, 0.15) is 29.0 Å². The minimum atomic E-state index is -1.13. The van der Waals surface area contributed by atoms with E-state index in [4.69, 9.17) is 5.11 Å². The number of hydrogen-bond acceptors (Lipinski definition) is 4. The summed E-state index contributed by atoms with van der Waals surface area (Å²) in [5.41, 5.74) is 0.646. The van der Waals surface area contributed by atoms with Crippen molar-refractivity contribution in [1.82, 2.24) is 9.97 Å². The Bertz CT molecular complexity index is 587. The lowest BCUT2D eigenvalue weighted by molar-refractivity contribution is 0.0690. The van der Waals surface area contributed by atoms with Crippen molar-refractivity contribution < 1.29 is 14.3 Å². The van der Waals surface area contributed by atoms with Crippen LogP contribution in [-0.2, 0) is 0 Å². The summed E-state index contributed by atoms with van der Waals surface area (Å²) in [5.74, 6) is -1.00. The second-order valence-corrected chi connectivity index (χ2v) is 4.01. The highest BCUT2D eigenvalue weighted by Gasteiger charge is 2.09. The number of nitrogens with zero attached hydrogens (tertiary/aromatic N) is 2. The third kappa shape index (κ3) is 3.25. The molecule has 0 bridgehead atoms. The number of carbonyl (C=O) groups is 1. The summed E-state index contributed by atoms with van der Waals surface area (Å²) in [5, 5.41) is 11.7. The first-order valence-corrected chi connectivity index (χ1v) is 5.63. The highest BCUT2D eigenvalue weighted by Crippen LogP contribution is 2.17. The topological polar surface area (TPSA) is 75.1 Å². The number of rotatable bonds is 4. The maximum atomic E-state index is 13.1. The van der Waals surface area contributed by atoms with Crippen LogP contribution in [-0.4, -0.2) is 21.0 Å². The van der Waals surface area contributed by atoms with Crippen LogP contribution in [0.4, 0.5) is 10.2 Å². The molecule has 0 saturated heterocycles. The molecule has 1 aromatic heterocycles. The number of aromatic carboxylic acids is 1. The molecule has 2 rings (SSSR count). The Kier molecular flexibility index (Phi) is 3.70. The van der Waals surface area contributed by atoms with E-state index in [9.17, 15) is 9.18 Å². The molecule has 6 heteroatoms. The van der Waals surface area contributed by atoms with Crippen LogP contribution in [0.2, 0.25) is 0 Å². The van der Waals surface area contributed by atoms with Crippen LogP contribution in [0.3, 0.4) is 0 Å². The van der Waals surface area contributed by atoms with Crippen molar-refractivity contribution in [3.8, 4) is 0 Å². The molecule has 0 fully saturated rings. The quantitative estimate of drug-likeness (QED) is 0.884. The standard InChI is InChI=1S/C13H12FN3O2/c1-8(9-3-2-4-10(14)5-9)17-12-7-15-11(6-16-12)13(18)19/h2-8H,1H3,(H,16,17)(H,18,19). The fourth-order valence-electron chi connectivity index (χ4n) is 1.59. The molecule has 0 aliphatic heterocycles. The molecule has 2 N–H and O–H groups in total. The van der Waals surface area contributed by atoms with Crippen LogP contribution < -0.4 is 5.32 Å². The monoisotopic (exact) mass is 261 g/mol. The molecule has 0 amide bonds. The fourth-order valence-corrected chi connectivity index (χ4v) is 1.59. The molecular formula is C13H12FN3O2. The van der Waals surface area contributed by atoms with Crippen molar-refractivity contribution in [3.63, 3.8) is 0 Å². The van der Waals surface area contributed by atoms with Gasteiger partial charge in [-0.25, -0.2) is 19.2 Å². The van der Waals surface area contributed by atoms with E-state index in [-0.39, 0.29) is 17.6 Å². The van der Waals surface area contributed by atoms with Crippen molar-refractivity contribution in [1.29, 1.82) is 0 Å². The average molecular weight is 261 g/mol. The Hall–Kier alpha value is -2.50. The zero-order chi connectivity index (χ0) is 13.8. The van der Waals surface area contributed by atoms with Crippen molar-refractivity contribution in [2.24, 2.45) is 0 Å². The Morgan fingerprint density at radius 3 is 2.74 bits per heavy atom. The number of carboxylic acids is 1. The van der Waals surface area contributed by atoms with Crippen LogP contribution in [0.15, 0.2) is 36.7 Å². The maximum absolute atomic E-state index is 13.1. The summed E-state index contributed by atoms with van der Waals surface area (Å²) in [7, 11) is 0. The molecule has 0 spiro atoms. The molecule has 1 heterocycles. The second-order valence-electron chi connectivity index (χ2n) is 4.01. The number of nitrogens with one attached hydrogen (secondary N) is 1. The molecule has 19 heavy (non-hydrogen) atoms. The number of aromatic nitrogens is 2. The molecule has 0 aliphatic rings. The van der Waals surface area contributed by atoms with Gasteiger partial charge in [-0.3, -0.25) is 0 Å². The highest BCUT2D eigenvalue weighted by molar-refractivity contribution is 5.84. The van der Waals surface area contributed by atoms with Crippen LogP contribution in [0, 0.1) is 5.82 Å². The predicted octanol–water partition coefficient (Wildman–Crippen LogP) is 2.49. The number of carboxylic acid groups (broad SMARTS) is 1. The molecule has 1 atom stereocenters. The van der Waals surface area contributed by atoms with Gasteiger partial charge in [-0.05, 0) is 24.6 Å². The van der Waals surface area contributed by atoms with E-state index in [0.717, 1.165) is 5.56 Å². The summed E-state index contributed by atoms with van der Waals surface area (Å²) in [6, 6.07) is 6.05. The third-order valence-electron chi connectivity index (χ3n) is 2.58. The minimum Gasteiger partial charge on any atom is -0.476 e. The largest absolute Gasteiger partial charge is 0.476 e. The van der Waals surface area contributed by atoms with E-state index in [1.165, 1.54) is 24.5 Å². The lowest BCUT2D eigenvalue weighted by atomic mass is 10.1. The van der Waals surface area contributed by atoms with Crippen LogP contribution in [0.5, 0.6) is 0 Å². The van der Waals surface area contributed by atoms with Gasteiger partial charge in [-0.2, -0.15) is 0 Å². The van der Waals surface area contributed by atoms with Crippen molar-refractivity contribution >= 4 is 11.8 Å². The van der Waals surface area contributed by atoms with Gasteiger partial charge < -0.3 is 10.4 Å². The number of anilines is 1. The van der Waals surface area contributed by atoms with Gasteiger partial charge in [-0.1, -0.05) is 12.1 Å². The first kappa shape index (κ1) is 12.9. The van der Waals surface area contributed by atoms with Gasteiger partial charge in [0.1, 0.15) is 11.6 Å². The Labute approximate surface area is 109 Å². The van der Waals surface area contributed by atoms with Gasteiger partial charge in [0.2, 0.25) is 0 Å². The number of benzene rings is 1. The van der Waals surface area contributed by atoms with Crippen molar-refractivity contribution in [3.05, 3.63) is 53.7 Å². The summed E-state index contributed by atoms with van der Waals surface area (Å²) in [6.07, 6.45) is 2.50. The maximum Gasteiger partial charge on any atom is 0.356 e. The average Bonchev–Trinajstić information content (AvgIpc) is 2.39. The smallest absolute Gasteiger partial charge is 0.356 e. The molecule has 1 unspecified atom stereocenters. The van der Waals surface area contributed by atoms with Gasteiger partial charge in [0.25, 0.3) is 0 Å². The Morgan fingerprint density at radius 1 is 1.37 bits per heavy atom. The normalized spacial score (nSPS) is 11.9. The lowest BCUT2D eigenvalue weighted by Gasteiger charge is -2.14. The van der Waals surface area contributed by atoms with Gasteiger partial charge >= 0.3 is 5.97 Å². The van der Waals surface area contributed by atoms with E-state index < -0.39 is 5.97 Å². The van der Waals surface area contributed by atoms with Gasteiger partial charge in [0.15, 0.2) is 5.69 Å². The number of halogens is 1. The van der Waals surface area contributed by atoms with Gasteiger partial charge in [0.05, 0.1) is 18.4 Å². The predicted molar refractivity (Wildman–Crippen MR) is 67.4 cm³/mol. The SMILES string of the molecule is CC(Nc1cnc(C(=O)O)cn1)c1cccc(F)c1. The van der Waals surface area contributed by atoms with E-state index in [2.05, 4.69) is 15.3 Å². The third-order valence-corrected chi connectivity index (χ3v) is 2.58. The summed E-state index contributed by atoms with van der Waals surface area (Å²) in [4.78, 5) is 18.3. The molecule has 0 saturated carbocycles. The Morgan fingerprint density at radius 2 is 2.16 bits per heavy atom. The van der Waals surface area contributed by atoms with E-state index in [1.54, 1.807) is 12.1 Å². The first-order valence-electron chi connectivity index (χ1n) is 5.63. The first-order chi connectivity index (χ1) is 9.06. The lowest BCUT2D eigenvalue weighted by Crippen LogP contribution is -2.09. The summed E-state index contributed by atoms with van der Waals surface area (Å²) in [6.45, 7) is 1.85. The zero-order valence-corrected chi connectivity index (χ0v) is 10.2. The highest BCUT2D eigenvalue weighted by atomic mass is 19.1. The van der Waals surface area contributed by atoms with E-state index >= 15 is 0 Å². The van der Waals surface area contributed by atoms with E-state index in [1.807, 2.05) is 6.92 Å². The van der Waals surface area contributed by atoms with E-state index in [0.29, 0.717) is 5.82 Å². The molecular weight excluding hydrogens is 249 g/mol. The molecule has 2 aromatic rings. The zero-order valence-electron chi connectivity index (χ0n) is 10.2. The second kappa shape index (κ2) is 5.43. The minimum absolute atomic E-state index is 0.121. The molecule has 0 radical (unpaired) electrons. The fraction of sp³-hybridized carbons (Fsp3) is 0.154. The summed E-state index contributed by atoms with van der Waals surface area (Å²) < 4.78 is 13.1. The summed E-state index contributed by atoms with van der Waals surface area (Å²) >= 11 is 0. The Balaban J connectivity index is 2.10. The van der Waals surface area contributed by atoms with Crippen molar-refractivity contribution in [2.45, 2.75) is 13.0 Å². The number of hydrogen-bond donors (Lipinski definition) is 2. The van der Waals surface area contributed by atoms with Crippen LogP contribution >= 0.6 is 0 Å². The molecule has 98 valence electrons. The van der Waals surface area contributed by atoms with Gasteiger partial charge in [0, 0.05) is 0 Å². The van der Waals surface area contributed by atoms with Crippen LogP contribution in [0.25, 0.3) is 0 Å². The van der Waals surface area contributed by atoms with Crippen molar-refractivity contribution in [2.75, 3.05) is 5.32 Å². The molecule has 5 nitrogen and oxygen atoms in total. The molecule has 1 aromatic carbocycles. The van der Waals surface area contributed by atoms with Gasteiger partial charge in [-0.15, -0.1) is 0 Å².